The number of hydrogen-bond donors (Lipinski definition) is 1. The fraction of sp³-hybridized carbons (Fsp3) is 0.562. The van der Waals surface area contributed by atoms with Crippen molar-refractivity contribution >= 4 is 5.97 Å². The van der Waals surface area contributed by atoms with Gasteiger partial charge in [-0.25, -0.2) is 0 Å². The van der Waals surface area contributed by atoms with Crippen molar-refractivity contribution in [2.75, 3.05) is 0 Å². The van der Waals surface area contributed by atoms with Gasteiger partial charge in [-0.3, -0.25) is 4.79 Å². The summed E-state index contributed by atoms with van der Waals surface area (Å²) < 4.78 is 0. The SMILES string of the molecule is CC(C)(C)c1ccc([C@H]2[C@H](C(=O)O)C2(C)C)cc1. The van der Waals surface area contributed by atoms with Crippen molar-refractivity contribution in [2.45, 2.75) is 46.0 Å². The van der Waals surface area contributed by atoms with Crippen LogP contribution in [-0.4, -0.2) is 11.1 Å². The van der Waals surface area contributed by atoms with Crippen molar-refractivity contribution < 1.29 is 9.90 Å². The maximum atomic E-state index is 11.2. The van der Waals surface area contributed by atoms with Crippen LogP contribution in [0.3, 0.4) is 0 Å². The average molecular weight is 246 g/mol. The molecule has 1 N–H and O–H groups in total. The van der Waals surface area contributed by atoms with Crippen LogP contribution in [0.1, 0.15) is 51.7 Å². The van der Waals surface area contributed by atoms with E-state index in [9.17, 15) is 9.90 Å². The van der Waals surface area contributed by atoms with Crippen molar-refractivity contribution in [1.29, 1.82) is 0 Å². The van der Waals surface area contributed by atoms with Gasteiger partial charge in [0.15, 0.2) is 0 Å². The highest BCUT2D eigenvalue weighted by atomic mass is 16.4. The summed E-state index contributed by atoms with van der Waals surface area (Å²) in [6.45, 7) is 10.6. The first-order valence-electron chi connectivity index (χ1n) is 6.49. The fourth-order valence-corrected chi connectivity index (χ4v) is 2.91. The predicted molar refractivity (Wildman–Crippen MR) is 72.8 cm³/mol. The van der Waals surface area contributed by atoms with Gasteiger partial charge in [-0.05, 0) is 22.0 Å². The van der Waals surface area contributed by atoms with Gasteiger partial charge in [-0.1, -0.05) is 58.9 Å². The van der Waals surface area contributed by atoms with Crippen LogP contribution in [0.25, 0.3) is 0 Å². The van der Waals surface area contributed by atoms with Crippen LogP contribution in [0.5, 0.6) is 0 Å². The van der Waals surface area contributed by atoms with E-state index < -0.39 is 5.97 Å². The Bertz CT molecular complexity index is 463. The van der Waals surface area contributed by atoms with Crippen molar-refractivity contribution in [3.63, 3.8) is 0 Å². The fourth-order valence-electron chi connectivity index (χ4n) is 2.91. The van der Waals surface area contributed by atoms with E-state index in [1.807, 2.05) is 13.8 Å². The molecule has 0 saturated heterocycles. The zero-order valence-electron chi connectivity index (χ0n) is 11.8. The zero-order chi connectivity index (χ0) is 13.7. The van der Waals surface area contributed by atoms with Gasteiger partial charge in [0.05, 0.1) is 5.92 Å². The Morgan fingerprint density at radius 2 is 1.67 bits per heavy atom. The third-order valence-electron chi connectivity index (χ3n) is 4.23. The van der Waals surface area contributed by atoms with Crippen molar-refractivity contribution in [3.8, 4) is 0 Å². The molecule has 0 heterocycles. The second kappa shape index (κ2) is 3.84. The van der Waals surface area contributed by atoms with E-state index in [0.717, 1.165) is 5.56 Å². The molecule has 2 atom stereocenters. The highest BCUT2D eigenvalue weighted by Crippen LogP contribution is 2.64. The Morgan fingerprint density at radius 3 is 2.00 bits per heavy atom. The van der Waals surface area contributed by atoms with E-state index in [4.69, 9.17) is 0 Å². The molecule has 18 heavy (non-hydrogen) atoms. The summed E-state index contributed by atoms with van der Waals surface area (Å²) in [7, 11) is 0. The van der Waals surface area contributed by atoms with Crippen molar-refractivity contribution in [1.82, 2.24) is 0 Å². The summed E-state index contributed by atoms with van der Waals surface area (Å²) in [5, 5.41) is 9.20. The second-order valence-electron chi connectivity index (χ2n) is 6.99. The van der Waals surface area contributed by atoms with Crippen LogP contribution >= 0.6 is 0 Å². The molecule has 1 saturated carbocycles. The van der Waals surface area contributed by atoms with Crippen LogP contribution < -0.4 is 0 Å². The van der Waals surface area contributed by atoms with Gasteiger partial charge in [-0.15, -0.1) is 0 Å². The summed E-state index contributed by atoms with van der Waals surface area (Å²) >= 11 is 0. The molecular weight excluding hydrogens is 224 g/mol. The minimum atomic E-state index is -0.676. The number of carbonyl (C=O) groups is 1. The van der Waals surface area contributed by atoms with Crippen LogP contribution in [0.2, 0.25) is 0 Å². The molecule has 0 unspecified atom stereocenters. The Labute approximate surface area is 109 Å². The van der Waals surface area contributed by atoms with E-state index in [2.05, 4.69) is 45.0 Å². The smallest absolute Gasteiger partial charge is 0.307 e. The molecule has 0 aromatic heterocycles. The Kier molecular flexibility index (Phi) is 2.80. The van der Waals surface area contributed by atoms with Gasteiger partial charge < -0.3 is 5.11 Å². The standard InChI is InChI=1S/C16H22O2/c1-15(2,3)11-8-6-10(7-9-11)12-13(14(17)18)16(12,4)5/h6-9,12-13H,1-5H3,(H,17,18)/t12-,13+/m0/s1. The van der Waals surface area contributed by atoms with Crippen LogP contribution in [0, 0.1) is 11.3 Å². The molecule has 1 aliphatic rings. The molecule has 2 nitrogen and oxygen atoms in total. The summed E-state index contributed by atoms with van der Waals surface area (Å²) in [6, 6.07) is 8.44. The third-order valence-corrected chi connectivity index (χ3v) is 4.23. The van der Waals surface area contributed by atoms with E-state index in [0.29, 0.717) is 0 Å². The summed E-state index contributed by atoms with van der Waals surface area (Å²) in [6.07, 6.45) is 0. The first-order chi connectivity index (χ1) is 8.15. The number of aliphatic carboxylic acids is 1. The molecule has 0 amide bonds. The molecule has 0 spiro atoms. The number of carboxylic acid groups (broad SMARTS) is 1. The first kappa shape index (κ1) is 13.1. The molecule has 1 aromatic rings. The lowest BCUT2D eigenvalue weighted by Gasteiger charge is -2.19. The van der Waals surface area contributed by atoms with E-state index >= 15 is 0 Å². The molecule has 98 valence electrons. The van der Waals surface area contributed by atoms with E-state index in [-0.39, 0.29) is 22.7 Å². The maximum absolute atomic E-state index is 11.2. The largest absolute Gasteiger partial charge is 0.481 e. The van der Waals surface area contributed by atoms with Gasteiger partial charge in [-0.2, -0.15) is 0 Å². The molecule has 0 aliphatic heterocycles. The number of rotatable bonds is 2. The number of hydrogen-bond acceptors (Lipinski definition) is 1. The molecule has 2 heteroatoms. The van der Waals surface area contributed by atoms with Crippen LogP contribution in [-0.2, 0) is 10.2 Å². The zero-order valence-corrected chi connectivity index (χ0v) is 11.8. The number of carboxylic acids is 1. The minimum Gasteiger partial charge on any atom is -0.481 e. The van der Waals surface area contributed by atoms with Crippen molar-refractivity contribution in [2.24, 2.45) is 11.3 Å². The van der Waals surface area contributed by atoms with Gasteiger partial charge in [0, 0.05) is 5.92 Å². The third kappa shape index (κ3) is 2.05. The quantitative estimate of drug-likeness (QED) is 0.861. The Hall–Kier alpha value is -1.31. The van der Waals surface area contributed by atoms with E-state index in [1.165, 1.54) is 5.56 Å². The first-order valence-corrected chi connectivity index (χ1v) is 6.49. The second-order valence-corrected chi connectivity index (χ2v) is 6.99. The Balaban J connectivity index is 2.25. The van der Waals surface area contributed by atoms with Crippen LogP contribution in [0.15, 0.2) is 24.3 Å². The lowest BCUT2D eigenvalue weighted by molar-refractivity contribution is -0.139. The van der Waals surface area contributed by atoms with Gasteiger partial charge >= 0.3 is 5.97 Å². The normalized spacial score (nSPS) is 25.8. The molecule has 1 aromatic carbocycles. The average Bonchev–Trinajstić information content (AvgIpc) is 2.80. The number of benzene rings is 1. The minimum absolute atomic E-state index is 0.116. The molecule has 1 aliphatic carbocycles. The highest BCUT2D eigenvalue weighted by molar-refractivity contribution is 5.77. The maximum Gasteiger partial charge on any atom is 0.307 e. The summed E-state index contributed by atoms with van der Waals surface area (Å²) in [5.41, 5.74) is 2.47. The van der Waals surface area contributed by atoms with Crippen molar-refractivity contribution in [3.05, 3.63) is 35.4 Å². The van der Waals surface area contributed by atoms with Gasteiger partial charge in [0.1, 0.15) is 0 Å². The Morgan fingerprint density at radius 1 is 1.17 bits per heavy atom. The highest BCUT2D eigenvalue weighted by Gasteiger charge is 2.62. The molecular formula is C16H22O2. The van der Waals surface area contributed by atoms with Gasteiger partial charge in [0.2, 0.25) is 0 Å². The predicted octanol–water partition coefficient (Wildman–Crippen LogP) is 3.81. The summed E-state index contributed by atoms with van der Waals surface area (Å²) in [4.78, 5) is 11.2. The molecule has 1 fully saturated rings. The monoisotopic (exact) mass is 246 g/mol. The molecule has 0 bridgehead atoms. The molecule has 0 radical (unpaired) electrons. The van der Waals surface area contributed by atoms with Gasteiger partial charge in [0.25, 0.3) is 0 Å². The lowest BCUT2D eigenvalue weighted by atomic mass is 9.86. The van der Waals surface area contributed by atoms with E-state index in [1.54, 1.807) is 0 Å². The summed E-state index contributed by atoms with van der Waals surface area (Å²) in [5.74, 6) is -0.757. The lowest BCUT2D eigenvalue weighted by Crippen LogP contribution is -2.10. The topological polar surface area (TPSA) is 37.3 Å². The molecule has 2 rings (SSSR count). The van der Waals surface area contributed by atoms with Crippen LogP contribution in [0.4, 0.5) is 0 Å².